The van der Waals surface area contributed by atoms with E-state index in [0.717, 1.165) is 7.11 Å². The SMILES string of the molecule is CO.COC(C)=O.Cc1ccccc1. The maximum absolute atomic E-state index is 9.59. The van der Waals surface area contributed by atoms with Gasteiger partial charge in [-0.2, -0.15) is 0 Å². The lowest BCUT2D eigenvalue weighted by atomic mass is 10.2. The van der Waals surface area contributed by atoms with E-state index in [1.165, 1.54) is 19.6 Å². The van der Waals surface area contributed by atoms with Gasteiger partial charge in [-0.3, -0.25) is 4.79 Å². The Bertz CT molecular complexity index is 219. The topological polar surface area (TPSA) is 46.5 Å². The largest absolute Gasteiger partial charge is 0.469 e. The fourth-order valence-corrected chi connectivity index (χ4v) is 0.534. The summed E-state index contributed by atoms with van der Waals surface area (Å²) >= 11 is 0. The molecule has 0 spiro atoms. The van der Waals surface area contributed by atoms with E-state index in [0.29, 0.717) is 0 Å². The molecule has 0 aromatic heterocycles. The minimum Gasteiger partial charge on any atom is -0.469 e. The van der Waals surface area contributed by atoms with Crippen LogP contribution >= 0.6 is 0 Å². The lowest BCUT2D eigenvalue weighted by Gasteiger charge is -1.82. The number of aliphatic hydroxyl groups is 1. The Hall–Kier alpha value is -1.35. The molecule has 0 heterocycles. The van der Waals surface area contributed by atoms with Gasteiger partial charge in [0.05, 0.1) is 7.11 Å². The molecule has 0 bridgehead atoms. The molecule has 0 radical (unpaired) electrons. The number of methoxy groups -OCH3 is 1. The number of hydrogen-bond donors (Lipinski definition) is 1. The molecule has 14 heavy (non-hydrogen) atoms. The number of rotatable bonds is 0. The Morgan fingerprint density at radius 2 is 1.57 bits per heavy atom. The average molecular weight is 198 g/mol. The van der Waals surface area contributed by atoms with Crippen molar-refractivity contribution >= 4 is 5.97 Å². The maximum atomic E-state index is 9.59. The van der Waals surface area contributed by atoms with E-state index < -0.39 is 0 Å². The number of carbonyl (C=O) groups is 1. The van der Waals surface area contributed by atoms with E-state index in [-0.39, 0.29) is 5.97 Å². The second-order valence-corrected chi connectivity index (χ2v) is 2.35. The molecule has 0 fully saturated rings. The van der Waals surface area contributed by atoms with Gasteiger partial charge in [-0.15, -0.1) is 0 Å². The van der Waals surface area contributed by atoms with Crippen LogP contribution in [0, 0.1) is 6.92 Å². The van der Waals surface area contributed by atoms with Crippen LogP contribution in [0.3, 0.4) is 0 Å². The third kappa shape index (κ3) is 13.3. The second-order valence-electron chi connectivity index (χ2n) is 2.35. The number of aliphatic hydroxyl groups excluding tert-OH is 1. The highest BCUT2D eigenvalue weighted by Crippen LogP contribution is 1.92. The van der Waals surface area contributed by atoms with E-state index in [1.54, 1.807) is 0 Å². The number of aryl methyl sites for hydroxylation is 1. The van der Waals surface area contributed by atoms with Crippen molar-refractivity contribution in [2.75, 3.05) is 14.2 Å². The molecule has 1 rings (SSSR count). The molecule has 1 aromatic rings. The Balaban J connectivity index is 0. The first-order chi connectivity index (χ1) is 6.66. The highest BCUT2D eigenvalue weighted by Gasteiger charge is 1.75. The number of hydrogen-bond acceptors (Lipinski definition) is 3. The van der Waals surface area contributed by atoms with Crippen LogP contribution in [0.2, 0.25) is 0 Å². The zero-order valence-electron chi connectivity index (χ0n) is 9.15. The van der Waals surface area contributed by atoms with Gasteiger partial charge in [0.1, 0.15) is 0 Å². The summed E-state index contributed by atoms with van der Waals surface area (Å²) in [4.78, 5) is 9.59. The summed E-state index contributed by atoms with van der Waals surface area (Å²) in [7, 11) is 2.35. The van der Waals surface area contributed by atoms with Crippen LogP contribution < -0.4 is 0 Å². The molecule has 0 atom stereocenters. The number of benzene rings is 1. The van der Waals surface area contributed by atoms with E-state index in [1.807, 2.05) is 18.2 Å². The van der Waals surface area contributed by atoms with Crippen LogP contribution in [-0.4, -0.2) is 25.3 Å². The van der Waals surface area contributed by atoms with Crippen molar-refractivity contribution in [2.45, 2.75) is 13.8 Å². The molecule has 3 heteroatoms. The molecule has 0 aliphatic carbocycles. The molecule has 0 unspecified atom stereocenters. The summed E-state index contributed by atoms with van der Waals surface area (Å²) in [5.74, 6) is -0.245. The van der Waals surface area contributed by atoms with E-state index in [4.69, 9.17) is 5.11 Å². The van der Waals surface area contributed by atoms with Crippen LogP contribution in [0.25, 0.3) is 0 Å². The monoisotopic (exact) mass is 198 g/mol. The molecular formula is C11H18O3. The van der Waals surface area contributed by atoms with Crippen molar-refractivity contribution in [2.24, 2.45) is 0 Å². The minimum atomic E-state index is -0.245. The first-order valence-corrected chi connectivity index (χ1v) is 4.17. The molecule has 0 saturated heterocycles. The van der Waals surface area contributed by atoms with Crippen molar-refractivity contribution in [1.29, 1.82) is 0 Å². The molecular weight excluding hydrogens is 180 g/mol. The van der Waals surface area contributed by atoms with Crippen molar-refractivity contribution in [3.8, 4) is 0 Å². The first-order valence-electron chi connectivity index (χ1n) is 4.17. The fourth-order valence-electron chi connectivity index (χ4n) is 0.534. The summed E-state index contributed by atoms with van der Waals surface area (Å²) in [5.41, 5.74) is 1.32. The highest BCUT2D eigenvalue weighted by atomic mass is 16.5. The Morgan fingerprint density at radius 3 is 1.71 bits per heavy atom. The van der Waals surface area contributed by atoms with Crippen LogP contribution in [0.15, 0.2) is 30.3 Å². The summed E-state index contributed by atoms with van der Waals surface area (Å²) in [6.07, 6.45) is 0. The molecule has 80 valence electrons. The smallest absolute Gasteiger partial charge is 0.302 e. The summed E-state index contributed by atoms with van der Waals surface area (Å²) in [6.45, 7) is 3.44. The van der Waals surface area contributed by atoms with Gasteiger partial charge < -0.3 is 9.84 Å². The van der Waals surface area contributed by atoms with Gasteiger partial charge in [-0.05, 0) is 6.92 Å². The fraction of sp³-hybridized carbons (Fsp3) is 0.364. The molecule has 0 amide bonds. The zero-order valence-corrected chi connectivity index (χ0v) is 9.15. The third-order valence-electron chi connectivity index (χ3n) is 1.23. The minimum absolute atomic E-state index is 0.245. The standard InChI is InChI=1S/C7H8.C3H6O2.CH4O/c1-7-5-3-2-4-6-7;1-3(4)5-2;1-2/h2-6H,1H3;1-2H3;2H,1H3. The van der Waals surface area contributed by atoms with Crippen LogP contribution in [0.5, 0.6) is 0 Å². The second kappa shape index (κ2) is 11.6. The number of ether oxygens (including phenoxy) is 1. The van der Waals surface area contributed by atoms with Crippen molar-refractivity contribution in [3.05, 3.63) is 35.9 Å². The van der Waals surface area contributed by atoms with Gasteiger partial charge >= 0.3 is 5.97 Å². The molecule has 0 aliphatic rings. The Morgan fingerprint density at radius 1 is 1.21 bits per heavy atom. The quantitative estimate of drug-likeness (QED) is 0.646. The lowest BCUT2D eigenvalue weighted by Crippen LogP contribution is -1.88. The summed E-state index contributed by atoms with van der Waals surface area (Å²) in [5, 5.41) is 7.00. The van der Waals surface area contributed by atoms with Crippen LogP contribution in [0.4, 0.5) is 0 Å². The number of esters is 1. The molecule has 3 nitrogen and oxygen atoms in total. The van der Waals surface area contributed by atoms with Crippen LogP contribution in [-0.2, 0) is 9.53 Å². The molecule has 0 aliphatic heterocycles. The normalized spacial score (nSPS) is 7.21. The van der Waals surface area contributed by atoms with Gasteiger partial charge in [0.2, 0.25) is 0 Å². The van der Waals surface area contributed by atoms with Gasteiger partial charge in [0.25, 0.3) is 0 Å². The van der Waals surface area contributed by atoms with Gasteiger partial charge in [-0.25, -0.2) is 0 Å². The van der Waals surface area contributed by atoms with Gasteiger partial charge in [0, 0.05) is 14.0 Å². The van der Waals surface area contributed by atoms with E-state index >= 15 is 0 Å². The highest BCUT2D eigenvalue weighted by molar-refractivity contribution is 5.65. The summed E-state index contributed by atoms with van der Waals surface area (Å²) < 4.78 is 4.11. The Labute approximate surface area is 85.3 Å². The van der Waals surface area contributed by atoms with Crippen LogP contribution in [0.1, 0.15) is 12.5 Å². The van der Waals surface area contributed by atoms with Crippen molar-refractivity contribution in [3.63, 3.8) is 0 Å². The van der Waals surface area contributed by atoms with E-state index in [2.05, 4.69) is 23.8 Å². The van der Waals surface area contributed by atoms with Gasteiger partial charge in [0.15, 0.2) is 0 Å². The molecule has 1 N–H and O–H groups in total. The lowest BCUT2D eigenvalue weighted by molar-refractivity contribution is -0.137. The molecule has 1 aromatic carbocycles. The van der Waals surface area contributed by atoms with Gasteiger partial charge in [-0.1, -0.05) is 35.9 Å². The third-order valence-corrected chi connectivity index (χ3v) is 1.23. The van der Waals surface area contributed by atoms with E-state index in [9.17, 15) is 4.79 Å². The zero-order chi connectivity index (χ0) is 11.4. The molecule has 0 saturated carbocycles. The first kappa shape index (κ1) is 15.1. The number of carbonyl (C=O) groups excluding carboxylic acids is 1. The maximum Gasteiger partial charge on any atom is 0.302 e. The Kier molecular flexibility index (Phi) is 12.6. The predicted octanol–water partition coefficient (Wildman–Crippen LogP) is 1.78. The average Bonchev–Trinajstić information content (AvgIpc) is 2.23. The van der Waals surface area contributed by atoms with Crippen molar-refractivity contribution in [1.82, 2.24) is 0 Å². The predicted molar refractivity (Wildman–Crippen MR) is 57.0 cm³/mol. The van der Waals surface area contributed by atoms with Crippen molar-refractivity contribution < 1.29 is 14.6 Å². The summed E-state index contributed by atoms with van der Waals surface area (Å²) in [6, 6.07) is 10.3.